The second kappa shape index (κ2) is 5.33. The largest absolute Gasteiger partial charge is 0.394 e. The van der Waals surface area contributed by atoms with Crippen molar-refractivity contribution in [2.75, 3.05) is 11.9 Å². The lowest BCUT2D eigenvalue weighted by Gasteiger charge is -2.28. The Labute approximate surface area is 105 Å². The van der Waals surface area contributed by atoms with Crippen LogP contribution in [0.3, 0.4) is 0 Å². The van der Waals surface area contributed by atoms with Crippen LogP contribution >= 0.6 is 11.6 Å². The molecule has 0 heterocycles. The van der Waals surface area contributed by atoms with E-state index in [4.69, 9.17) is 11.6 Å². The third-order valence-electron chi connectivity index (χ3n) is 2.72. The van der Waals surface area contributed by atoms with Gasteiger partial charge in [0, 0.05) is 11.1 Å². The second-order valence-electron chi connectivity index (χ2n) is 4.12. The summed E-state index contributed by atoms with van der Waals surface area (Å²) in [5.41, 5.74) is -0.318. The van der Waals surface area contributed by atoms with E-state index in [0.717, 1.165) is 0 Å². The number of nitro groups is 1. The van der Waals surface area contributed by atoms with Gasteiger partial charge >= 0.3 is 0 Å². The average molecular weight is 259 g/mol. The molecular formula is C11H15ClN2O3. The summed E-state index contributed by atoms with van der Waals surface area (Å²) in [6.07, 6.45) is 0.642. The highest BCUT2D eigenvalue weighted by Crippen LogP contribution is 2.30. The second-order valence-corrected chi connectivity index (χ2v) is 4.55. The van der Waals surface area contributed by atoms with E-state index in [1.807, 2.05) is 6.92 Å². The third kappa shape index (κ3) is 3.31. The Morgan fingerprint density at radius 3 is 2.71 bits per heavy atom. The first-order valence-electron chi connectivity index (χ1n) is 5.25. The van der Waals surface area contributed by atoms with E-state index in [2.05, 4.69) is 5.32 Å². The topological polar surface area (TPSA) is 75.4 Å². The molecule has 17 heavy (non-hydrogen) atoms. The first-order valence-corrected chi connectivity index (χ1v) is 5.62. The molecule has 1 aromatic rings. The summed E-state index contributed by atoms with van der Waals surface area (Å²) in [5.74, 6) is 0. The van der Waals surface area contributed by atoms with Gasteiger partial charge in [0.2, 0.25) is 0 Å². The monoisotopic (exact) mass is 258 g/mol. The maximum absolute atomic E-state index is 10.9. The summed E-state index contributed by atoms with van der Waals surface area (Å²) >= 11 is 5.72. The molecule has 0 aromatic heterocycles. The number of rotatable bonds is 5. The first kappa shape index (κ1) is 13.7. The molecule has 1 rings (SSSR count). The fraction of sp³-hybridized carbons (Fsp3) is 0.455. The first-order chi connectivity index (χ1) is 7.91. The molecule has 6 heteroatoms. The third-order valence-corrected chi connectivity index (χ3v) is 2.96. The molecule has 1 atom stereocenters. The number of aliphatic hydroxyl groups excluding tert-OH is 1. The van der Waals surface area contributed by atoms with Gasteiger partial charge in [0.15, 0.2) is 0 Å². The van der Waals surface area contributed by atoms with Gasteiger partial charge in [-0.25, -0.2) is 0 Å². The summed E-state index contributed by atoms with van der Waals surface area (Å²) in [5, 5.41) is 23.4. The van der Waals surface area contributed by atoms with Gasteiger partial charge in [-0.2, -0.15) is 0 Å². The van der Waals surface area contributed by atoms with Crippen LogP contribution in [0.4, 0.5) is 11.4 Å². The van der Waals surface area contributed by atoms with Crippen molar-refractivity contribution >= 4 is 23.0 Å². The SMILES string of the molecule is CCC(C)(CO)Nc1ccc(Cl)cc1[N+](=O)[O-]. The van der Waals surface area contributed by atoms with E-state index in [1.165, 1.54) is 6.07 Å². The summed E-state index contributed by atoms with van der Waals surface area (Å²) in [4.78, 5) is 10.4. The lowest BCUT2D eigenvalue weighted by atomic mass is 9.99. The van der Waals surface area contributed by atoms with Gasteiger partial charge in [0.05, 0.1) is 17.1 Å². The Morgan fingerprint density at radius 1 is 1.59 bits per heavy atom. The summed E-state index contributed by atoms with van der Waals surface area (Å²) in [6, 6.07) is 4.41. The van der Waals surface area contributed by atoms with Crippen LogP contribution in [0, 0.1) is 10.1 Å². The van der Waals surface area contributed by atoms with Crippen molar-refractivity contribution in [3.63, 3.8) is 0 Å². The van der Waals surface area contributed by atoms with Crippen molar-refractivity contribution in [1.82, 2.24) is 0 Å². The predicted octanol–water partition coefficient (Wildman–Crippen LogP) is 2.82. The molecule has 2 N–H and O–H groups in total. The number of hydrogen-bond donors (Lipinski definition) is 2. The zero-order valence-electron chi connectivity index (χ0n) is 9.74. The molecule has 0 fully saturated rings. The molecule has 1 unspecified atom stereocenters. The Hall–Kier alpha value is -1.33. The van der Waals surface area contributed by atoms with Crippen LogP contribution < -0.4 is 5.32 Å². The van der Waals surface area contributed by atoms with E-state index in [-0.39, 0.29) is 12.3 Å². The maximum atomic E-state index is 10.9. The molecule has 0 aliphatic carbocycles. The van der Waals surface area contributed by atoms with Crippen molar-refractivity contribution in [3.8, 4) is 0 Å². The fourth-order valence-electron chi connectivity index (χ4n) is 1.33. The van der Waals surface area contributed by atoms with E-state index < -0.39 is 10.5 Å². The molecule has 5 nitrogen and oxygen atoms in total. The Morgan fingerprint density at radius 2 is 2.24 bits per heavy atom. The minimum absolute atomic E-state index is 0.0920. The number of nitro benzene ring substituents is 1. The molecule has 0 radical (unpaired) electrons. The fourth-order valence-corrected chi connectivity index (χ4v) is 1.49. The smallest absolute Gasteiger partial charge is 0.293 e. The molecule has 0 bridgehead atoms. The molecule has 0 spiro atoms. The zero-order valence-corrected chi connectivity index (χ0v) is 10.5. The lowest BCUT2D eigenvalue weighted by Crippen LogP contribution is -2.38. The van der Waals surface area contributed by atoms with Crippen LogP contribution in [0.1, 0.15) is 20.3 Å². The number of anilines is 1. The van der Waals surface area contributed by atoms with Crippen LogP contribution in [0.15, 0.2) is 18.2 Å². The highest BCUT2D eigenvalue weighted by molar-refractivity contribution is 6.30. The minimum atomic E-state index is -0.585. The van der Waals surface area contributed by atoms with Gasteiger partial charge in [-0.15, -0.1) is 0 Å². The van der Waals surface area contributed by atoms with Gasteiger partial charge in [0.1, 0.15) is 5.69 Å². The molecule has 0 saturated heterocycles. The molecule has 1 aromatic carbocycles. The summed E-state index contributed by atoms with van der Waals surface area (Å²) in [7, 11) is 0. The van der Waals surface area contributed by atoms with Crippen LogP contribution in [0.5, 0.6) is 0 Å². The van der Waals surface area contributed by atoms with Crippen LogP contribution in [-0.4, -0.2) is 22.2 Å². The quantitative estimate of drug-likeness (QED) is 0.629. The van der Waals surface area contributed by atoms with Crippen LogP contribution in [-0.2, 0) is 0 Å². The molecule has 0 aliphatic rings. The highest BCUT2D eigenvalue weighted by Gasteiger charge is 2.24. The van der Waals surface area contributed by atoms with Crippen molar-refractivity contribution in [2.24, 2.45) is 0 Å². The van der Waals surface area contributed by atoms with Crippen LogP contribution in [0.2, 0.25) is 5.02 Å². The number of halogens is 1. The summed E-state index contributed by atoms with van der Waals surface area (Å²) < 4.78 is 0. The Bertz CT molecular complexity index is 419. The minimum Gasteiger partial charge on any atom is -0.394 e. The number of benzene rings is 1. The highest BCUT2D eigenvalue weighted by atomic mass is 35.5. The maximum Gasteiger partial charge on any atom is 0.293 e. The predicted molar refractivity (Wildman–Crippen MR) is 67.5 cm³/mol. The number of nitrogens with one attached hydrogen (secondary N) is 1. The van der Waals surface area contributed by atoms with Gasteiger partial charge in [0.25, 0.3) is 5.69 Å². The number of aliphatic hydroxyl groups is 1. The van der Waals surface area contributed by atoms with E-state index in [0.29, 0.717) is 17.1 Å². The lowest BCUT2D eigenvalue weighted by molar-refractivity contribution is -0.384. The van der Waals surface area contributed by atoms with E-state index >= 15 is 0 Å². The normalized spacial score (nSPS) is 14.1. The number of hydrogen-bond acceptors (Lipinski definition) is 4. The Kier molecular flexibility index (Phi) is 4.31. The molecule has 0 aliphatic heterocycles. The average Bonchev–Trinajstić information content (AvgIpc) is 2.31. The van der Waals surface area contributed by atoms with E-state index in [9.17, 15) is 15.2 Å². The van der Waals surface area contributed by atoms with Crippen LogP contribution in [0.25, 0.3) is 0 Å². The summed E-state index contributed by atoms with van der Waals surface area (Å²) in [6.45, 7) is 3.58. The van der Waals surface area contributed by atoms with Crippen molar-refractivity contribution in [1.29, 1.82) is 0 Å². The Balaban J connectivity index is 3.10. The van der Waals surface area contributed by atoms with Crippen molar-refractivity contribution < 1.29 is 10.0 Å². The van der Waals surface area contributed by atoms with Gasteiger partial charge in [-0.1, -0.05) is 18.5 Å². The van der Waals surface area contributed by atoms with Crippen molar-refractivity contribution in [3.05, 3.63) is 33.3 Å². The molecule has 0 amide bonds. The van der Waals surface area contributed by atoms with E-state index in [1.54, 1.807) is 19.1 Å². The zero-order chi connectivity index (χ0) is 13.1. The number of nitrogens with zero attached hydrogens (tertiary/aromatic N) is 1. The van der Waals surface area contributed by atoms with Gasteiger partial charge in [-0.05, 0) is 25.5 Å². The molecule has 94 valence electrons. The van der Waals surface area contributed by atoms with Gasteiger partial charge in [-0.3, -0.25) is 10.1 Å². The van der Waals surface area contributed by atoms with Gasteiger partial charge < -0.3 is 10.4 Å². The molecule has 0 saturated carbocycles. The standard InChI is InChI=1S/C11H15ClN2O3/c1-3-11(2,7-15)13-9-5-4-8(12)6-10(9)14(16)17/h4-6,13,15H,3,7H2,1-2H3. The molecular weight excluding hydrogens is 244 g/mol. The van der Waals surface area contributed by atoms with Crippen molar-refractivity contribution in [2.45, 2.75) is 25.8 Å².